The number of hydrogen-bond donors (Lipinski definition) is 0. The summed E-state index contributed by atoms with van der Waals surface area (Å²) < 4.78 is 0. The van der Waals surface area contributed by atoms with Crippen LogP contribution in [0.5, 0.6) is 0 Å². The van der Waals surface area contributed by atoms with Crippen LogP contribution >= 0.6 is 0 Å². The van der Waals surface area contributed by atoms with Crippen molar-refractivity contribution < 1.29 is 0 Å². The molecule has 0 aliphatic heterocycles. The van der Waals surface area contributed by atoms with E-state index >= 15 is 0 Å². The fourth-order valence-electron chi connectivity index (χ4n) is 0.354. The number of unbranched alkanes of at least 4 members (excludes halogenated alkanes) is 3. The zero-order valence-corrected chi connectivity index (χ0v) is 10.2. The standard InChI is InChI=1S/C5H12.C4H10.C3H8/c1-3-5-4-2;1-3-4-2;1-3-2/h3-5H2,1-2H3;3-4H2,1-2H3;3H2,1-2H3. The van der Waals surface area contributed by atoms with Gasteiger partial charge < -0.3 is 0 Å². The largest absolute Gasteiger partial charge is 0.0656 e. The first-order valence-electron chi connectivity index (χ1n) is 5.74. The monoisotopic (exact) mass is 174 g/mol. The Bertz CT molecular complexity index is 27.0. The predicted octanol–water partition coefficient (Wildman–Crippen LogP) is 5.42. The summed E-state index contributed by atoms with van der Waals surface area (Å²) in [5.41, 5.74) is 0. The van der Waals surface area contributed by atoms with Crippen molar-refractivity contribution in [2.75, 3.05) is 0 Å². The van der Waals surface area contributed by atoms with Crippen LogP contribution in [0.2, 0.25) is 0 Å². The van der Waals surface area contributed by atoms with E-state index < -0.39 is 0 Å². The minimum atomic E-state index is 1.25. The van der Waals surface area contributed by atoms with Crippen LogP contribution in [0.25, 0.3) is 0 Å². The molecule has 0 N–H and O–H groups in total. The quantitative estimate of drug-likeness (QED) is 0.536. The van der Waals surface area contributed by atoms with Gasteiger partial charge in [0.15, 0.2) is 0 Å². The van der Waals surface area contributed by atoms with Gasteiger partial charge in [-0.25, -0.2) is 0 Å². The van der Waals surface area contributed by atoms with Crippen molar-refractivity contribution in [3.8, 4) is 0 Å². The highest BCUT2D eigenvalue weighted by Crippen LogP contribution is 1.88. The molecule has 0 saturated heterocycles. The van der Waals surface area contributed by atoms with E-state index in [4.69, 9.17) is 0 Å². The van der Waals surface area contributed by atoms with Crippen molar-refractivity contribution >= 4 is 0 Å². The van der Waals surface area contributed by atoms with Gasteiger partial charge in [0.1, 0.15) is 0 Å². The lowest BCUT2D eigenvalue weighted by Gasteiger charge is -1.79. The molecule has 0 aromatic heterocycles. The van der Waals surface area contributed by atoms with Crippen LogP contribution in [-0.4, -0.2) is 0 Å². The zero-order valence-electron chi connectivity index (χ0n) is 10.2. The fourth-order valence-corrected chi connectivity index (χ4v) is 0.354. The molecule has 0 spiro atoms. The van der Waals surface area contributed by atoms with E-state index in [0.29, 0.717) is 0 Å². The summed E-state index contributed by atoms with van der Waals surface area (Å²) in [5.74, 6) is 0. The van der Waals surface area contributed by atoms with Gasteiger partial charge in [-0.05, 0) is 0 Å². The minimum Gasteiger partial charge on any atom is -0.0656 e. The molecule has 0 rings (SSSR count). The molecule has 0 radical (unpaired) electrons. The molecular weight excluding hydrogens is 144 g/mol. The first kappa shape index (κ1) is 17.9. The summed E-state index contributed by atoms with van der Waals surface area (Å²) in [6, 6.07) is 0. The second-order valence-corrected chi connectivity index (χ2v) is 3.06. The molecule has 0 aliphatic carbocycles. The van der Waals surface area contributed by atoms with Crippen LogP contribution in [0.4, 0.5) is 0 Å². The highest BCUT2D eigenvalue weighted by atomic mass is 13.7. The van der Waals surface area contributed by atoms with Crippen molar-refractivity contribution in [1.29, 1.82) is 0 Å². The van der Waals surface area contributed by atoms with E-state index in [1.807, 2.05) is 0 Å². The summed E-state index contributed by atoms with van der Waals surface area (Å²) in [6.07, 6.45) is 7.97. The van der Waals surface area contributed by atoms with E-state index in [1.54, 1.807) is 0 Å². The number of hydrogen-bond acceptors (Lipinski definition) is 0. The maximum absolute atomic E-state index is 2.21. The summed E-state index contributed by atoms with van der Waals surface area (Å²) in [6.45, 7) is 13.0. The summed E-state index contributed by atoms with van der Waals surface area (Å²) in [4.78, 5) is 0. The molecule has 0 bridgehead atoms. The van der Waals surface area contributed by atoms with Gasteiger partial charge in [0.25, 0.3) is 0 Å². The Morgan fingerprint density at radius 3 is 0.750 bits per heavy atom. The summed E-state index contributed by atoms with van der Waals surface area (Å²) >= 11 is 0. The van der Waals surface area contributed by atoms with Crippen molar-refractivity contribution in [1.82, 2.24) is 0 Å². The van der Waals surface area contributed by atoms with E-state index in [-0.39, 0.29) is 0 Å². The van der Waals surface area contributed by atoms with Crippen LogP contribution in [0, 0.1) is 0 Å². The average molecular weight is 174 g/mol. The molecule has 0 aliphatic rings. The van der Waals surface area contributed by atoms with Gasteiger partial charge in [-0.1, -0.05) is 80.1 Å². The molecule has 12 heavy (non-hydrogen) atoms. The summed E-state index contributed by atoms with van der Waals surface area (Å²) in [5, 5.41) is 0. The molecule has 0 atom stereocenters. The van der Waals surface area contributed by atoms with E-state index in [9.17, 15) is 0 Å². The van der Waals surface area contributed by atoms with Gasteiger partial charge in [0.05, 0.1) is 0 Å². The number of rotatable bonds is 3. The third kappa shape index (κ3) is 90.0. The highest BCUT2D eigenvalue weighted by Gasteiger charge is 1.68. The second-order valence-electron chi connectivity index (χ2n) is 3.06. The lowest BCUT2D eigenvalue weighted by Crippen LogP contribution is -1.59. The molecule has 0 saturated carbocycles. The lowest BCUT2D eigenvalue weighted by molar-refractivity contribution is 0.772. The van der Waals surface area contributed by atoms with E-state index in [2.05, 4.69) is 41.5 Å². The zero-order chi connectivity index (χ0) is 10.2. The van der Waals surface area contributed by atoms with Gasteiger partial charge in [0.2, 0.25) is 0 Å². The normalized spacial score (nSPS) is 7.50. The Morgan fingerprint density at radius 1 is 0.500 bits per heavy atom. The molecule has 0 amide bonds. The molecule has 0 nitrogen and oxygen atoms in total. The van der Waals surface area contributed by atoms with Gasteiger partial charge in [-0.15, -0.1) is 0 Å². The fraction of sp³-hybridized carbons (Fsp3) is 1.00. The van der Waals surface area contributed by atoms with E-state index in [1.165, 1.54) is 38.5 Å². The first-order valence-corrected chi connectivity index (χ1v) is 5.74. The molecule has 78 valence electrons. The molecule has 0 aromatic carbocycles. The van der Waals surface area contributed by atoms with Crippen molar-refractivity contribution in [3.05, 3.63) is 0 Å². The summed E-state index contributed by atoms with van der Waals surface area (Å²) in [7, 11) is 0. The topological polar surface area (TPSA) is 0 Å². The maximum Gasteiger partial charge on any atom is -0.0538 e. The first-order chi connectivity index (χ1) is 5.74. The van der Waals surface area contributed by atoms with Crippen molar-refractivity contribution in [2.45, 2.75) is 80.1 Å². The van der Waals surface area contributed by atoms with Gasteiger partial charge in [-0.2, -0.15) is 0 Å². The Hall–Kier alpha value is 0. The van der Waals surface area contributed by atoms with Gasteiger partial charge >= 0.3 is 0 Å². The van der Waals surface area contributed by atoms with Crippen LogP contribution in [0.3, 0.4) is 0 Å². The smallest absolute Gasteiger partial charge is 0.0538 e. The second kappa shape index (κ2) is 30.6. The average Bonchev–Trinajstić information content (AvgIpc) is 2.08. The third-order valence-electron chi connectivity index (χ3n) is 1.21. The van der Waals surface area contributed by atoms with Crippen LogP contribution in [-0.2, 0) is 0 Å². The maximum atomic E-state index is 2.21. The Balaban J connectivity index is -0.000000105. The Labute approximate surface area is 80.8 Å². The molecule has 0 heterocycles. The van der Waals surface area contributed by atoms with Crippen molar-refractivity contribution in [3.63, 3.8) is 0 Å². The van der Waals surface area contributed by atoms with Crippen molar-refractivity contribution in [2.24, 2.45) is 0 Å². The molecule has 0 aromatic rings. The van der Waals surface area contributed by atoms with Gasteiger partial charge in [0, 0.05) is 0 Å². The highest BCUT2D eigenvalue weighted by molar-refractivity contribution is 4.24. The lowest BCUT2D eigenvalue weighted by atomic mass is 10.3. The van der Waals surface area contributed by atoms with Crippen LogP contribution < -0.4 is 0 Å². The van der Waals surface area contributed by atoms with Crippen LogP contribution in [0.1, 0.15) is 80.1 Å². The van der Waals surface area contributed by atoms with Gasteiger partial charge in [-0.3, -0.25) is 0 Å². The molecule has 0 heteroatoms. The third-order valence-corrected chi connectivity index (χ3v) is 1.21. The molecular formula is C12H30. The molecule has 0 fully saturated rings. The Kier molecular flexibility index (Phi) is 45.6. The van der Waals surface area contributed by atoms with Crippen LogP contribution in [0.15, 0.2) is 0 Å². The minimum absolute atomic E-state index is 1.25. The van der Waals surface area contributed by atoms with E-state index in [0.717, 1.165) is 0 Å². The SMILES string of the molecule is CCC.CCCC.CCCCC. The Morgan fingerprint density at radius 2 is 0.750 bits per heavy atom. The molecule has 0 unspecified atom stereocenters. The predicted molar refractivity (Wildman–Crippen MR) is 61.7 cm³/mol.